The lowest BCUT2D eigenvalue weighted by molar-refractivity contribution is -0.142. The van der Waals surface area contributed by atoms with E-state index in [2.05, 4.69) is 10.2 Å². The van der Waals surface area contributed by atoms with Crippen molar-refractivity contribution >= 4 is 50.9 Å². The molecule has 10 heteroatoms. The fourth-order valence-electron chi connectivity index (χ4n) is 3.32. The molecule has 2 heterocycles. The van der Waals surface area contributed by atoms with E-state index in [0.717, 1.165) is 15.9 Å². The van der Waals surface area contributed by atoms with E-state index < -0.39 is 5.25 Å². The number of rotatable bonds is 8. The second-order valence-electron chi connectivity index (χ2n) is 6.90. The fourth-order valence-corrected chi connectivity index (χ4v) is 5.38. The van der Waals surface area contributed by atoms with Crippen LogP contribution in [0.1, 0.15) is 26.1 Å². The smallest absolute Gasteiger partial charge is 0.319 e. The molecule has 7 nitrogen and oxygen atoms in total. The minimum atomic E-state index is -0.422. The Labute approximate surface area is 198 Å². The van der Waals surface area contributed by atoms with E-state index in [-0.39, 0.29) is 17.4 Å². The molecule has 0 aliphatic heterocycles. The Kier molecular flexibility index (Phi) is 6.98. The first-order valence-corrected chi connectivity index (χ1v) is 12.2. The summed E-state index contributed by atoms with van der Waals surface area (Å²) in [4.78, 5) is 25.0. The van der Waals surface area contributed by atoms with E-state index in [1.54, 1.807) is 23.6 Å². The number of halogens is 1. The van der Waals surface area contributed by atoms with Gasteiger partial charge in [-0.1, -0.05) is 59.8 Å². The molecule has 0 radical (unpaired) electrons. The molecule has 0 spiro atoms. The molecular formula is C22H21ClN4O3S2. The molecule has 1 atom stereocenters. The Hall–Kier alpha value is -2.62. The maximum atomic E-state index is 12.7. The molecule has 0 saturated heterocycles. The van der Waals surface area contributed by atoms with E-state index in [4.69, 9.17) is 16.3 Å². The fraction of sp³-hybridized carbons (Fsp3) is 0.273. The Morgan fingerprint density at radius 2 is 2.00 bits per heavy atom. The first-order chi connectivity index (χ1) is 15.5. The zero-order chi connectivity index (χ0) is 22.7. The van der Waals surface area contributed by atoms with Crippen LogP contribution in [-0.2, 0) is 16.1 Å². The van der Waals surface area contributed by atoms with Crippen molar-refractivity contribution in [1.29, 1.82) is 0 Å². The molecule has 0 unspecified atom stereocenters. The summed E-state index contributed by atoms with van der Waals surface area (Å²) in [5.74, 6) is 0.279. The highest BCUT2D eigenvalue weighted by Gasteiger charge is 2.25. The molecule has 0 amide bonds. The third-order valence-electron chi connectivity index (χ3n) is 4.81. The van der Waals surface area contributed by atoms with Crippen molar-refractivity contribution < 1.29 is 9.53 Å². The third kappa shape index (κ3) is 4.60. The van der Waals surface area contributed by atoms with Gasteiger partial charge in [-0.15, -0.1) is 10.2 Å². The van der Waals surface area contributed by atoms with Gasteiger partial charge in [-0.05, 0) is 43.7 Å². The molecule has 0 bridgehead atoms. The normalized spacial score (nSPS) is 12.2. The largest absolute Gasteiger partial charge is 0.465 e. The van der Waals surface area contributed by atoms with Crippen LogP contribution in [0.3, 0.4) is 0 Å². The van der Waals surface area contributed by atoms with Crippen molar-refractivity contribution in [3.05, 3.63) is 69.0 Å². The van der Waals surface area contributed by atoms with Gasteiger partial charge in [0.05, 0.1) is 29.1 Å². The van der Waals surface area contributed by atoms with Gasteiger partial charge in [-0.2, -0.15) is 0 Å². The molecule has 166 valence electrons. The zero-order valence-electron chi connectivity index (χ0n) is 17.5. The van der Waals surface area contributed by atoms with Gasteiger partial charge in [0, 0.05) is 5.02 Å². The summed E-state index contributed by atoms with van der Waals surface area (Å²) in [6.07, 6.45) is 0.579. The maximum absolute atomic E-state index is 12.7. The number of esters is 1. The maximum Gasteiger partial charge on any atom is 0.319 e. The number of benzene rings is 2. The summed E-state index contributed by atoms with van der Waals surface area (Å²) in [6.45, 7) is 4.26. The lowest BCUT2D eigenvalue weighted by atomic mass is 10.3. The first-order valence-electron chi connectivity index (χ1n) is 10.1. The number of nitrogens with zero attached hydrogens (tertiary/aromatic N) is 4. The van der Waals surface area contributed by atoms with Gasteiger partial charge in [0.2, 0.25) is 0 Å². The van der Waals surface area contributed by atoms with Crippen molar-refractivity contribution in [1.82, 2.24) is 19.3 Å². The second-order valence-corrected chi connectivity index (χ2v) is 9.50. The minimum absolute atomic E-state index is 0.0704. The predicted molar refractivity (Wildman–Crippen MR) is 128 cm³/mol. The molecule has 2 aromatic heterocycles. The number of thiazole rings is 1. The highest BCUT2D eigenvalue weighted by Crippen LogP contribution is 2.29. The Morgan fingerprint density at radius 3 is 2.75 bits per heavy atom. The van der Waals surface area contributed by atoms with Crippen molar-refractivity contribution in [3.8, 4) is 5.69 Å². The number of thioether (sulfide) groups is 1. The lowest BCUT2D eigenvalue weighted by Crippen LogP contribution is -2.20. The molecule has 4 aromatic rings. The number of ether oxygens (including phenoxy) is 1. The Morgan fingerprint density at radius 1 is 1.19 bits per heavy atom. The van der Waals surface area contributed by atoms with Gasteiger partial charge < -0.3 is 4.74 Å². The van der Waals surface area contributed by atoms with Crippen molar-refractivity contribution in [2.24, 2.45) is 0 Å². The number of hydrogen-bond donors (Lipinski definition) is 0. The molecule has 0 fully saturated rings. The summed E-state index contributed by atoms with van der Waals surface area (Å²) < 4.78 is 9.64. The lowest BCUT2D eigenvalue weighted by Gasteiger charge is -2.15. The predicted octanol–water partition coefficient (Wildman–Crippen LogP) is 4.78. The monoisotopic (exact) mass is 488 g/mol. The quantitative estimate of drug-likeness (QED) is 0.262. The topological polar surface area (TPSA) is 79.0 Å². The number of hydrogen-bond acceptors (Lipinski definition) is 7. The van der Waals surface area contributed by atoms with Crippen LogP contribution < -0.4 is 4.87 Å². The van der Waals surface area contributed by atoms with Crippen molar-refractivity contribution in [2.45, 2.75) is 37.2 Å². The van der Waals surface area contributed by atoms with E-state index in [1.165, 1.54) is 23.1 Å². The van der Waals surface area contributed by atoms with Gasteiger partial charge in [-0.3, -0.25) is 18.7 Å². The van der Waals surface area contributed by atoms with Crippen LogP contribution in [-0.4, -0.2) is 37.2 Å². The third-order valence-corrected chi connectivity index (χ3v) is 7.29. The van der Waals surface area contributed by atoms with Gasteiger partial charge in [0.25, 0.3) is 0 Å². The molecule has 0 saturated carbocycles. The molecule has 32 heavy (non-hydrogen) atoms. The minimum Gasteiger partial charge on any atom is -0.465 e. The summed E-state index contributed by atoms with van der Waals surface area (Å²) in [5, 5.41) is 9.41. The average molecular weight is 489 g/mol. The molecule has 0 aliphatic rings. The summed E-state index contributed by atoms with van der Waals surface area (Å²) in [5.41, 5.74) is 1.60. The number of carbonyl (C=O) groups is 1. The number of fused-ring (bicyclic) bond motifs is 1. The number of aromatic nitrogens is 4. The standard InChI is InChI=1S/C22H21ClN4O3S2/c1-3-17(20(28)30-4-2)31-21-25-24-19(27(21)15-9-7-8-14(23)12-15)13-26-16-10-5-6-11-18(16)32-22(26)29/h5-12,17H,3-4,13H2,1-2H3/t17-/m1/s1. The van der Waals surface area contributed by atoms with Crippen LogP contribution in [0.2, 0.25) is 5.02 Å². The van der Waals surface area contributed by atoms with Crippen LogP contribution >= 0.6 is 34.7 Å². The van der Waals surface area contributed by atoms with E-state index in [0.29, 0.717) is 29.0 Å². The highest BCUT2D eigenvalue weighted by atomic mass is 35.5. The number of para-hydroxylation sites is 1. The number of carbonyl (C=O) groups excluding carboxylic acids is 1. The molecule has 2 aromatic carbocycles. The SMILES string of the molecule is CCOC(=O)[C@@H](CC)Sc1nnc(Cn2c(=O)sc3ccccc32)n1-c1cccc(Cl)c1. The van der Waals surface area contributed by atoms with Crippen LogP contribution in [0.5, 0.6) is 0 Å². The summed E-state index contributed by atoms with van der Waals surface area (Å²) in [6, 6.07) is 15.0. The molecule has 0 aliphatic carbocycles. The van der Waals surface area contributed by atoms with Gasteiger partial charge >= 0.3 is 10.8 Å². The van der Waals surface area contributed by atoms with Gasteiger partial charge in [0.15, 0.2) is 11.0 Å². The molecular weight excluding hydrogens is 468 g/mol. The summed E-state index contributed by atoms with van der Waals surface area (Å²) >= 11 is 8.74. The Balaban J connectivity index is 1.78. The molecule has 0 N–H and O–H groups in total. The van der Waals surface area contributed by atoms with Crippen LogP contribution in [0.25, 0.3) is 15.9 Å². The van der Waals surface area contributed by atoms with E-state index >= 15 is 0 Å². The average Bonchev–Trinajstić information content (AvgIpc) is 3.32. The molecule has 4 rings (SSSR count). The van der Waals surface area contributed by atoms with Gasteiger partial charge in [-0.25, -0.2) is 0 Å². The van der Waals surface area contributed by atoms with Crippen LogP contribution in [0.15, 0.2) is 58.5 Å². The highest BCUT2D eigenvalue weighted by molar-refractivity contribution is 8.00. The zero-order valence-corrected chi connectivity index (χ0v) is 19.9. The van der Waals surface area contributed by atoms with Crippen molar-refractivity contribution in [2.75, 3.05) is 6.61 Å². The van der Waals surface area contributed by atoms with Crippen LogP contribution in [0.4, 0.5) is 0 Å². The van der Waals surface area contributed by atoms with E-state index in [1.807, 2.05) is 47.9 Å². The first kappa shape index (κ1) is 22.6. The van der Waals surface area contributed by atoms with E-state index in [9.17, 15) is 9.59 Å². The second kappa shape index (κ2) is 9.89. The van der Waals surface area contributed by atoms with Gasteiger partial charge in [0.1, 0.15) is 5.25 Å². The Bertz CT molecular complexity index is 1310. The van der Waals surface area contributed by atoms with Crippen molar-refractivity contribution in [3.63, 3.8) is 0 Å². The van der Waals surface area contributed by atoms with Crippen LogP contribution in [0, 0.1) is 0 Å². The summed E-state index contributed by atoms with van der Waals surface area (Å²) in [7, 11) is 0.